The summed E-state index contributed by atoms with van der Waals surface area (Å²) in [5.74, 6) is -0.128. The van der Waals surface area contributed by atoms with Crippen molar-refractivity contribution in [3.63, 3.8) is 0 Å². The van der Waals surface area contributed by atoms with E-state index in [2.05, 4.69) is 15.2 Å². The van der Waals surface area contributed by atoms with Gasteiger partial charge in [-0.05, 0) is 45.4 Å². The Balaban J connectivity index is 1.77. The van der Waals surface area contributed by atoms with Gasteiger partial charge in [-0.25, -0.2) is 4.79 Å². The number of nitrogens with one attached hydrogen (secondary N) is 1. The molecule has 0 aliphatic carbocycles. The highest BCUT2D eigenvalue weighted by molar-refractivity contribution is 6.01. The Kier molecular flexibility index (Phi) is 4.71. The number of esters is 1. The molecule has 0 bridgehead atoms. The second-order valence-electron chi connectivity index (χ2n) is 6.04. The third-order valence-corrected chi connectivity index (χ3v) is 4.09. The highest BCUT2D eigenvalue weighted by Gasteiger charge is 2.24. The summed E-state index contributed by atoms with van der Waals surface area (Å²) in [6.45, 7) is 6.57. The van der Waals surface area contributed by atoms with Crippen molar-refractivity contribution in [2.24, 2.45) is 0 Å². The Morgan fingerprint density at radius 2 is 1.85 bits per heavy atom. The maximum Gasteiger partial charge on any atom is 0.355 e. The average molecular weight is 353 g/mol. The second-order valence-corrected chi connectivity index (χ2v) is 6.04. The molecule has 3 aromatic rings. The smallest absolute Gasteiger partial charge is 0.355 e. The third-order valence-electron chi connectivity index (χ3n) is 4.09. The first kappa shape index (κ1) is 17.6. The normalized spacial score (nSPS) is 12.0. The van der Waals surface area contributed by atoms with E-state index < -0.39 is 12.1 Å². The molecule has 26 heavy (non-hydrogen) atoms. The number of hydrogen-bond acceptors (Lipinski definition) is 6. The molecule has 1 aromatic carbocycles. The van der Waals surface area contributed by atoms with E-state index in [9.17, 15) is 9.59 Å². The largest absolute Gasteiger partial charge is 0.448 e. The monoisotopic (exact) mass is 353 g/mol. The van der Waals surface area contributed by atoms with E-state index in [1.54, 1.807) is 20.8 Å². The molecule has 7 heteroatoms. The number of carbonyl (C=O) groups excluding carboxylic acids is 2. The number of aromatic nitrogens is 3. The van der Waals surface area contributed by atoms with Gasteiger partial charge in [0.15, 0.2) is 11.9 Å². The number of Topliss-reactive ketones (excluding diaryl/α,β-unsaturated/α-hetero) is 1. The Labute approximate surface area is 150 Å². The molecule has 0 spiro atoms. The minimum absolute atomic E-state index is 0.104. The standard InChI is InChI=1S/C19H19N3O4/c1-10-15(12(3)23)11(2)20-16(10)19(24)25-13(4)17-21-22-18(26-17)14-8-6-5-7-9-14/h5-9,13,20H,1-4H3/t13-/m0/s1. The predicted octanol–water partition coefficient (Wildman–Crippen LogP) is 3.80. The fourth-order valence-corrected chi connectivity index (χ4v) is 2.85. The SMILES string of the molecule is CC(=O)c1c(C)[nH]c(C(=O)O[C@@H](C)c2nnc(-c3ccccc3)o2)c1C. The van der Waals surface area contributed by atoms with Crippen LogP contribution in [0.5, 0.6) is 0 Å². The molecule has 0 saturated carbocycles. The van der Waals surface area contributed by atoms with Crippen LogP contribution in [0.4, 0.5) is 0 Å². The number of carbonyl (C=O) groups is 2. The van der Waals surface area contributed by atoms with Gasteiger partial charge >= 0.3 is 5.97 Å². The average Bonchev–Trinajstić information content (AvgIpc) is 3.20. The lowest BCUT2D eigenvalue weighted by molar-refractivity contribution is 0.0272. The number of hydrogen-bond donors (Lipinski definition) is 1. The van der Waals surface area contributed by atoms with Crippen LogP contribution in [0.25, 0.3) is 11.5 Å². The molecule has 2 heterocycles. The van der Waals surface area contributed by atoms with Crippen molar-refractivity contribution in [3.05, 3.63) is 58.7 Å². The van der Waals surface area contributed by atoms with Gasteiger partial charge in [-0.3, -0.25) is 4.79 Å². The molecule has 0 amide bonds. The Morgan fingerprint density at radius 1 is 1.15 bits per heavy atom. The predicted molar refractivity (Wildman–Crippen MR) is 93.8 cm³/mol. The molecule has 7 nitrogen and oxygen atoms in total. The van der Waals surface area contributed by atoms with Crippen molar-refractivity contribution in [1.29, 1.82) is 0 Å². The number of benzene rings is 1. The molecule has 0 fully saturated rings. The Morgan fingerprint density at radius 3 is 2.46 bits per heavy atom. The molecule has 3 rings (SSSR count). The van der Waals surface area contributed by atoms with E-state index in [0.29, 0.717) is 22.7 Å². The molecule has 0 saturated heterocycles. The number of nitrogens with zero attached hydrogens (tertiary/aromatic N) is 2. The Bertz CT molecular complexity index is 957. The third kappa shape index (κ3) is 3.28. The quantitative estimate of drug-likeness (QED) is 0.553. The Hall–Kier alpha value is -3.22. The van der Waals surface area contributed by atoms with Gasteiger partial charge in [-0.2, -0.15) is 0 Å². The van der Waals surface area contributed by atoms with Crippen LogP contribution in [0.15, 0.2) is 34.7 Å². The summed E-state index contributed by atoms with van der Waals surface area (Å²) in [6, 6.07) is 9.32. The van der Waals surface area contributed by atoms with Crippen molar-refractivity contribution in [2.75, 3.05) is 0 Å². The number of rotatable bonds is 5. The molecular weight excluding hydrogens is 334 g/mol. The molecule has 2 aromatic heterocycles. The number of aromatic amines is 1. The molecule has 1 N–H and O–H groups in total. The summed E-state index contributed by atoms with van der Waals surface area (Å²) in [7, 11) is 0. The first-order valence-corrected chi connectivity index (χ1v) is 8.18. The van der Waals surface area contributed by atoms with E-state index in [0.717, 1.165) is 5.56 Å². The zero-order valence-electron chi connectivity index (χ0n) is 15.0. The molecule has 1 atom stereocenters. The van der Waals surface area contributed by atoms with Crippen LogP contribution in [0, 0.1) is 13.8 Å². The molecule has 0 radical (unpaired) electrons. The van der Waals surface area contributed by atoms with E-state index in [4.69, 9.17) is 9.15 Å². The fraction of sp³-hybridized carbons (Fsp3) is 0.263. The van der Waals surface area contributed by atoms with Crippen LogP contribution in [0.3, 0.4) is 0 Å². The van der Waals surface area contributed by atoms with Gasteiger partial charge in [-0.1, -0.05) is 18.2 Å². The van der Waals surface area contributed by atoms with E-state index in [1.807, 2.05) is 30.3 Å². The zero-order chi connectivity index (χ0) is 18.8. The summed E-state index contributed by atoms with van der Waals surface area (Å²) < 4.78 is 11.0. The van der Waals surface area contributed by atoms with Gasteiger partial charge in [0.1, 0.15) is 5.69 Å². The zero-order valence-corrected chi connectivity index (χ0v) is 15.0. The van der Waals surface area contributed by atoms with Gasteiger partial charge in [0.2, 0.25) is 5.89 Å². The molecule has 0 unspecified atom stereocenters. The van der Waals surface area contributed by atoms with Crippen LogP contribution in [-0.4, -0.2) is 26.9 Å². The number of aryl methyl sites for hydroxylation is 1. The van der Waals surface area contributed by atoms with Gasteiger partial charge in [0.05, 0.1) is 0 Å². The van der Waals surface area contributed by atoms with Crippen molar-refractivity contribution < 1.29 is 18.7 Å². The van der Waals surface area contributed by atoms with Gasteiger partial charge in [-0.15, -0.1) is 10.2 Å². The maximum absolute atomic E-state index is 12.5. The minimum Gasteiger partial charge on any atom is -0.448 e. The van der Waals surface area contributed by atoms with Crippen molar-refractivity contribution in [2.45, 2.75) is 33.8 Å². The number of ketones is 1. The van der Waals surface area contributed by atoms with Crippen molar-refractivity contribution in [3.8, 4) is 11.5 Å². The first-order valence-electron chi connectivity index (χ1n) is 8.18. The van der Waals surface area contributed by atoms with Crippen molar-refractivity contribution >= 4 is 11.8 Å². The fourth-order valence-electron chi connectivity index (χ4n) is 2.85. The van der Waals surface area contributed by atoms with Crippen LogP contribution in [-0.2, 0) is 4.74 Å². The van der Waals surface area contributed by atoms with Crippen molar-refractivity contribution in [1.82, 2.24) is 15.2 Å². The lowest BCUT2D eigenvalue weighted by atomic mass is 10.1. The minimum atomic E-state index is -0.726. The van der Waals surface area contributed by atoms with Crippen LogP contribution < -0.4 is 0 Å². The molecule has 0 aliphatic heterocycles. The van der Waals surface area contributed by atoms with E-state index in [-0.39, 0.29) is 17.4 Å². The van der Waals surface area contributed by atoms with Gasteiger partial charge < -0.3 is 14.1 Å². The lowest BCUT2D eigenvalue weighted by Crippen LogP contribution is -2.11. The summed E-state index contributed by atoms with van der Waals surface area (Å²) in [5, 5.41) is 7.94. The summed E-state index contributed by atoms with van der Waals surface area (Å²) >= 11 is 0. The second kappa shape index (κ2) is 6.95. The molecule has 0 aliphatic rings. The molecular formula is C19H19N3O4. The van der Waals surface area contributed by atoms with Crippen LogP contribution in [0.1, 0.15) is 57.9 Å². The van der Waals surface area contributed by atoms with Crippen LogP contribution >= 0.6 is 0 Å². The van der Waals surface area contributed by atoms with Gasteiger partial charge in [0.25, 0.3) is 5.89 Å². The maximum atomic E-state index is 12.5. The van der Waals surface area contributed by atoms with Crippen LogP contribution in [0.2, 0.25) is 0 Å². The number of ether oxygens (including phenoxy) is 1. The summed E-state index contributed by atoms with van der Waals surface area (Å²) in [6.07, 6.45) is -0.726. The summed E-state index contributed by atoms with van der Waals surface area (Å²) in [4.78, 5) is 27.1. The van der Waals surface area contributed by atoms with E-state index in [1.165, 1.54) is 6.92 Å². The molecule has 134 valence electrons. The topological polar surface area (TPSA) is 98.1 Å². The first-order chi connectivity index (χ1) is 12.4. The highest BCUT2D eigenvalue weighted by atomic mass is 16.6. The van der Waals surface area contributed by atoms with E-state index >= 15 is 0 Å². The lowest BCUT2D eigenvalue weighted by Gasteiger charge is -2.09. The number of H-pyrrole nitrogens is 1. The van der Waals surface area contributed by atoms with Gasteiger partial charge in [0, 0.05) is 16.8 Å². The highest BCUT2D eigenvalue weighted by Crippen LogP contribution is 2.24. The summed E-state index contributed by atoms with van der Waals surface area (Å²) in [5.41, 5.74) is 2.75.